The summed E-state index contributed by atoms with van der Waals surface area (Å²) in [5.74, 6) is 0. The van der Waals surface area contributed by atoms with Crippen LogP contribution >= 0.6 is 0 Å². The molecule has 104 valence electrons. The molecule has 19 heavy (non-hydrogen) atoms. The van der Waals surface area contributed by atoms with Gasteiger partial charge in [0.25, 0.3) is 0 Å². The van der Waals surface area contributed by atoms with E-state index in [1.54, 1.807) is 0 Å². The molecule has 1 fully saturated rings. The van der Waals surface area contributed by atoms with Crippen molar-refractivity contribution in [1.29, 1.82) is 0 Å². The first-order valence-electron chi connectivity index (χ1n) is 7.62. The van der Waals surface area contributed by atoms with E-state index >= 15 is 0 Å². The number of hydrogen-bond acceptors (Lipinski definition) is 2. The summed E-state index contributed by atoms with van der Waals surface area (Å²) in [6.07, 6.45) is 6.08. The van der Waals surface area contributed by atoms with E-state index in [2.05, 4.69) is 43.4 Å². The lowest BCUT2D eigenvalue weighted by Crippen LogP contribution is -2.45. The zero-order chi connectivity index (χ0) is 13.3. The Bertz CT molecular complexity index is 441. The Morgan fingerprint density at radius 3 is 2.89 bits per heavy atom. The molecule has 0 radical (unpaired) electrons. The van der Waals surface area contributed by atoms with E-state index in [0.29, 0.717) is 12.1 Å². The van der Waals surface area contributed by atoms with E-state index in [4.69, 9.17) is 4.74 Å². The third kappa shape index (κ3) is 3.01. The van der Waals surface area contributed by atoms with Crippen LogP contribution < -0.4 is 5.32 Å². The lowest BCUT2D eigenvalue weighted by molar-refractivity contribution is -0.0644. The number of benzene rings is 1. The highest BCUT2D eigenvalue weighted by Gasteiger charge is 2.31. The number of nitrogens with one attached hydrogen (secondary N) is 1. The SMILES string of the molecule is CC1(C)CC(NC2CCCc3ccccc32)CCO1. The standard InChI is InChI=1S/C17H25NO/c1-17(2)12-14(10-11-19-17)18-16-9-5-7-13-6-3-4-8-15(13)16/h3-4,6,8,14,16,18H,5,7,9-12H2,1-2H3. The number of ether oxygens (including phenoxy) is 1. The smallest absolute Gasteiger partial charge is 0.0641 e. The molecule has 1 aliphatic heterocycles. The van der Waals surface area contributed by atoms with Crippen molar-refractivity contribution >= 4 is 0 Å². The van der Waals surface area contributed by atoms with Crippen molar-refractivity contribution in [3.05, 3.63) is 35.4 Å². The molecule has 1 saturated heterocycles. The summed E-state index contributed by atoms with van der Waals surface area (Å²) in [4.78, 5) is 0. The third-order valence-electron chi connectivity index (χ3n) is 4.50. The molecular weight excluding hydrogens is 234 g/mol. The molecule has 2 atom stereocenters. The van der Waals surface area contributed by atoms with E-state index in [9.17, 15) is 0 Å². The number of rotatable bonds is 2. The van der Waals surface area contributed by atoms with Crippen LogP contribution in [-0.2, 0) is 11.2 Å². The molecule has 1 aliphatic carbocycles. The second-order valence-corrected chi connectivity index (χ2v) is 6.61. The third-order valence-corrected chi connectivity index (χ3v) is 4.50. The Morgan fingerprint density at radius 1 is 1.21 bits per heavy atom. The van der Waals surface area contributed by atoms with Crippen molar-refractivity contribution in [3.8, 4) is 0 Å². The minimum Gasteiger partial charge on any atom is -0.375 e. The minimum absolute atomic E-state index is 0.0318. The molecule has 1 aromatic rings. The molecular formula is C17H25NO. The molecule has 1 N–H and O–H groups in total. The van der Waals surface area contributed by atoms with Gasteiger partial charge in [-0.3, -0.25) is 0 Å². The second kappa shape index (κ2) is 5.26. The van der Waals surface area contributed by atoms with E-state index < -0.39 is 0 Å². The fourth-order valence-electron chi connectivity index (χ4n) is 3.59. The first kappa shape index (κ1) is 13.1. The van der Waals surface area contributed by atoms with Crippen LogP contribution in [0.5, 0.6) is 0 Å². The summed E-state index contributed by atoms with van der Waals surface area (Å²) in [5.41, 5.74) is 3.10. The van der Waals surface area contributed by atoms with E-state index in [-0.39, 0.29) is 5.60 Å². The Morgan fingerprint density at radius 2 is 2.05 bits per heavy atom. The van der Waals surface area contributed by atoms with Gasteiger partial charge >= 0.3 is 0 Å². The van der Waals surface area contributed by atoms with Crippen LogP contribution in [0.4, 0.5) is 0 Å². The largest absolute Gasteiger partial charge is 0.375 e. The number of fused-ring (bicyclic) bond motifs is 1. The lowest BCUT2D eigenvalue weighted by Gasteiger charge is -2.39. The van der Waals surface area contributed by atoms with Crippen molar-refractivity contribution in [3.63, 3.8) is 0 Å². The van der Waals surface area contributed by atoms with Gasteiger partial charge in [0.2, 0.25) is 0 Å². The molecule has 0 amide bonds. The van der Waals surface area contributed by atoms with Gasteiger partial charge in [0.1, 0.15) is 0 Å². The molecule has 3 rings (SSSR count). The molecule has 2 nitrogen and oxygen atoms in total. The monoisotopic (exact) mass is 259 g/mol. The lowest BCUT2D eigenvalue weighted by atomic mass is 9.86. The fraction of sp³-hybridized carbons (Fsp3) is 0.647. The van der Waals surface area contributed by atoms with Gasteiger partial charge < -0.3 is 10.1 Å². The zero-order valence-electron chi connectivity index (χ0n) is 12.1. The van der Waals surface area contributed by atoms with Gasteiger partial charge in [0.05, 0.1) is 5.60 Å². The second-order valence-electron chi connectivity index (χ2n) is 6.61. The molecule has 1 heterocycles. The Balaban J connectivity index is 1.71. The zero-order valence-corrected chi connectivity index (χ0v) is 12.1. The Labute approximate surface area is 116 Å². The van der Waals surface area contributed by atoms with E-state index in [1.807, 2.05) is 0 Å². The molecule has 2 heteroatoms. The molecule has 2 aliphatic rings. The number of aryl methyl sites for hydroxylation is 1. The summed E-state index contributed by atoms with van der Waals surface area (Å²) in [5, 5.41) is 3.89. The highest BCUT2D eigenvalue weighted by Crippen LogP contribution is 2.32. The average Bonchev–Trinajstić information content (AvgIpc) is 2.38. The van der Waals surface area contributed by atoms with Crippen molar-refractivity contribution in [1.82, 2.24) is 5.32 Å². The van der Waals surface area contributed by atoms with Gasteiger partial charge in [-0.15, -0.1) is 0 Å². The van der Waals surface area contributed by atoms with Crippen molar-refractivity contribution < 1.29 is 4.74 Å². The average molecular weight is 259 g/mol. The van der Waals surface area contributed by atoms with Crippen LogP contribution in [0.25, 0.3) is 0 Å². The summed E-state index contributed by atoms with van der Waals surface area (Å²) in [7, 11) is 0. The van der Waals surface area contributed by atoms with Crippen LogP contribution in [0.2, 0.25) is 0 Å². The van der Waals surface area contributed by atoms with E-state index in [1.165, 1.54) is 30.4 Å². The number of hydrogen-bond donors (Lipinski definition) is 1. The molecule has 0 bridgehead atoms. The summed E-state index contributed by atoms with van der Waals surface area (Å²) < 4.78 is 5.81. The molecule has 1 aromatic carbocycles. The summed E-state index contributed by atoms with van der Waals surface area (Å²) in [6, 6.07) is 10.1. The summed E-state index contributed by atoms with van der Waals surface area (Å²) >= 11 is 0. The van der Waals surface area contributed by atoms with Crippen LogP contribution in [0.15, 0.2) is 24.3 Å². The highest BCUT2D eigenvalue weighted by atomic mass is 16.5. The fourth-order valence-corrected chi connectivity index (χ4v) is 3.59. The first-order valence-corrected chi connectivity index (χ1v) is 7.62. The topological polar surface area (TPSA) is 21.3 Å². The van der Waals surface area contributed by atoms with Gasteiger partial charge in [-0.1, -0.05) is 24.3 Å². The van der Waals surface area contributed by atoms with Crippen LogP contribution in [0, 0.1) is 0 Å². The van der Waals surface area contributed by atoms with Gasteiger partial charge in [-0.2, -0.15) is 0 Å². The maximum absolute atomic E-state index is 5.81. The predicted molar refractivity (Wildman–Crippen MR) is 78.3 cm³/mol. The first-order chi connectivity index (χ1) is 9.14. The Kier molecular flexibility index (Phi) is 3.64. The maximum atomic E-state index is 5.81. The maximum Gasteiger partial charge on any atom is 0.0641 e. The minimum atomic E-state index is 0.0318. The normalized spacial score (nSPS) is 29.8. The van der Waals surface area contributed by atoms with E-state index in [0.717, 1.165) is 19.4 Å². The van der Waals surface area contributed by atoms with Gasteiger partial charge in [-0.05, 0) is 57.1 Å². The van der Waals surface area contributed by atoms with Crippen LogP contribution in [0.1, 0.15) is 56.7 Å². The molecule has 0 spiro atoms. The summed E-state index contributed by atoms with van der Waals surface area (Å²) in [6.45, 7) is 5.30. The molecule has 0 saturated carbocycles. The van der Waals surface area contributed by atoms with Crippen molar-refractivity contribution in [2.24, 2.45) is 0 Å². The highest BCUT2D eigenvalue weighted by molar-refractivity contribution is 5.32. The van der Waals surface area contributed by atoms with Crippen LogP contribution in [0.3, 0.4) is 0 Å². The quantitative estimate of drug-likeness (QED) is 0.876. The van der Waals surface area contributed by atoms with Gasteiger partial charge in [-0.25, -0.2) is 0 Å². The van der Waals surface area contributed by atoms with Crippen molar-refractivity contribution in [2.75, 3.05) is 6.61 Å². The van der Waals surface area contributed by atoms with Gasteiger partial charge in [0, 0.05) is 18.7 Å². The Hall–Kier alpha value is -0.860. The molecule has 2 unspecified atom stereocenters. The van der Waals surface area contributed by atoms with Gasteiger partial charge in [0.15, 0.2) is 0 Å². The molecule has 0 aromatic heterocycles. The van der Waals surface area contributed by atoms with Crippen molar-refractivity contribution in [2.45, 2.75) is 63.6 Å². The predicted octanol–water partition coefficient (Wildman–Crippen LogP) is 3.61. The van der Waals surface area contributed by atoms with Crippen LogP contribution in [-0.4, -0.2) is 18.2 Å².